The predicted molar refractivity (Wildman–Crippen MR) is 72.4 cm³/mol. The molecule has 0 spiro atoms. The minimum atomic E-state index is -2.62. The molecule has 0 unspecified atom stereocenters. The van der Waals surface area contributed by atoms with Gasteiger partial charge in [0.2, 0.25) is 5.91 Å². The third-order valence-corrected chi connectivity index (χ3v) is 2.72. The molecule has 1 aromatic carbocycles. The maximum absolute atomic E-state index is 13.0. The van der Waals surface area contributed by atoms with Crippen molar-refractivity contribution in [3.05, 3.63) is 23.8 Å². The maximum atomic E-state index is 13.0. The monoisotopic (exact) mass is 271 g/mol. The van der Waals surface area contributed by atoms with Crippen LogP contribution < -0.4 is 16.0 Å². The second kappa shape index (κ2) is 6.92. The number of rotatable bonds is 6. The van der Waals surface area contributed by atoms with Gasteiger partial charge in [0, 0.05) is 30.0 Å². The summed E-state index contributed by atoms with van der Waals surface area (Å²) in [7, 11) is 0. The van der Waals surface area contributed by atoms with Crippen molar-refractivity contribution in [2.75, 3.05) is 30.3 Å². The number of hydrogen-bond donors (Lipinski definition) is 2. The van der Waals surface area contributed by atoms with Crippen molar-refractivity contribution in [1.82, 2.24) is 5.32 Å². The first-order valence-corrected chi connectivity index (χ1v) is 6.18. The highest BCUT2D eigenvalue weighted by atomic mass is 19.3. The van der Waals surface area contributed by atoms with Gasteiger partial charge in [0.25, 0.3) is 6.43 Å². The Bertz CT molecular complexity index is 438. The van der Waals surface area contributed by atoms with E-state index in [1.54, 1.807) is 11.0 Å². The van der Waals surface area contributed by atoms with Gasteiger partial charge in [0.15, 0.2) is 0 Å². The Kier molecular flexibility index (Phi) is 5.54. The molecule has 0 saturated heterocycles. The third-order valence-electron chi connectivity index (χ3n) is 2.72. The molecule has 6 heteroatoms. The van der Waals surface area contributed by atoms with Crippen LogP contribution in [0.3, 0.4) is 0 Å². The van der Waals surface area contributed by atoms with Crippen molar-refractivity contribution in [2.45, 2.75) is 20.3 Å². The Balaban J connectivity index is 3.00. The van der Waals surface area contributed by atoms with Gasteiger partial charge in [-0.2, -0.15) is 0 Å². The van der Waals surface area contributed by atoms with Crippen LogP contribution in [0.25, 0.3) is 0 Å². The lowest BCUT2D eigenvalue weighted by molar-refractivity contribution is -0.119. The molecule has 1 rings (SSSR count). The van der Waals surface area contributed by atoms with Crippen LogP contribution in [0.4, 0.5) is 20.2 Å². The number of hydrogen-bond acceptors (Lipinski definition) is 3. The van der Waals surface area contributed by atoms with Crippen LogP contribution in [0, 0.1) is 0 Å². The Morgan fingerprint density at radius 3 is 2.63 bits per heavy atom. The number of nitrogens with zero attached hydrogens (tertiary/aromatic N) is 1. The quantitative estimate of drug-likeness (QED) is 0.780. The molecule has 0 aliphatic carbocycles. The topological polar surface area (TPSA) is 58.4 Å². The van der Waals surface area contributed by atoms with E-state index in [2.05, 4.69) is 5.32 Å². The van der Waals surface area contributed by atoms with Crippen LogP contribution in [-0.2, 0) is 4.79 Å². The molecular formula is C13H19F2N3O. The standard InChI is InChI=1S/C13H19F2N3O/c1-3-17-12(19)8-18(4-2)11-6-5-9(16)7-10(11)13(14)15/h5-7,13H,3-4,8,16H2,1-2H3,(H,17,19). The molecule has 0 aliphatic rings. The number of nitrogens with two attached hydrogens (primary N) is 1. The highest BCUT2D eigenvalue weighted by Crippen LogP contribution is 2.31. The number of nitrogen functional groups attached to an aromatic ring is 1. The number of anilines is 2. The molecule has 0 fully saturated rings. The first-order chi connectivity index (χ1) is 8.99. The van der Waals surface area contributed by atoms with E-state index >= 15 is 0 Å². The number of likely N-dealkylation sites (N-methyl/N-ethyl adjacent to an activating group) is 2. The molecule has 0 radical (unpaired) electrons. The molecule has 0 atom stereocenters. The van der Waals surface area contributed by atoms with E-state index in [1.165, 1.54) is 12.1 Å². The van der Waals surface area contributed by atoms with E-state index in [0.29, 0.717) is 18.8 Å². The number of alkyl halides is 2. The molecule has 4 nitrogen and oxygen atoms in total. The zero-order valence-electron chi connectivity index (χ0n) is 11.1. The molecule has 0 saturated carbocycles. The van der Waals surface area contributed by atoms with Crippen molar-refractivity contribution in [3.8, 4) is 0 Å². The largest absolute Gasteiger partial charge is 0.399 e. The van der Waals surface area contributed by atoms with Gasteiger partial charge in [-0.15, -0.1) is 0 Å². The minimum Gasteiger partial charge on any atom is -0.399 e. The molecule has 0 aliphatic heterocycles. The summed E-state index contributed by atoms with van der Waals surface area (Å²) in [6.07, 6.45) is -2.62. The summed E-state index contributed by atoms with van der Waals surface area (Å²) >= 11 is 0. The molecule has 0 aromatic heterocycles. The molecular weight excluding hydrogens is 252 g/mol. The fraction of sp³-hybridized carbons (Fsp3) is 0.462. The minimum absolute atomic E-state index is 0.0496. The Hall–Kier alpha value is -1.85. The van der Waals surface area contributed by atoms with Crippen LogP contribution in [0.5, 0.6) is 0 Å². The van der Waals surface area contributed by atoms with E-state index in [4.69, 9.17) is 5.73 Å². The Morgan fingerprint density at radius 1 is 1.42 bits per heavy atom. The molecule has 0 bridgehead atoms. The number of amides is 1. The summed E-state index contributed by atoms with van der Waals surface area (Å²) in [5.41, 5.74) is 6.01. The third kappa shape index (κ3) is 4.08. The number of benzene rings is 1. The van der Waals surface area contributed by atoms with Gasteiger partial charge in [0.1, 0.15) is 0 Å². The van der Waals surface area contributed by atoms with E-state index < -0.39 is 6.43 Å². The second-order valence-corrected chi connectivity index (χ2v) is 4.09. The fourth-order valence-corrected chi connectivity index (χ4v) is 1.83. The molecule has 1 aromatic rings. The lowest BCUT2D eigenvalue weighted by Crippen LogP contribution is -2.37. The van der Waals surface area contributed by atoms with Gasteiger partial charge in [-0.1, -0.05) is 0 Å². The van der Waals surface area contributed by atoms with Crippen LogP contribution >= 0.6 is 0 Å². The summed E-state index contributed by atoms with van der Waals surface area (Å²) in [5.74, 6) is -0.193. The average Bonchev–Trinajstić information content (AvgIpc) is 2.36. The molecule has 19 heavy (non-hydrogen) atoms. The van der Waals surface area contributed by atoms with Gasteiger partial charge < -0.3 is 16.0 Å². The van der Waals surface area contributed by atoms with E-state index in [0.717, 1.165) is 0 Å². The Labute approximate surface area is 111 Å². The maximum Gasteiger partial charge on any atom is 0.265 e. The number of nitrogens with one attached hydrogen (secondary N) is 1. The average molecular weight is 271 g/mol. The fourth-order valence-electron chi connectivity index (χ4n) is 1.83. The van der Waals surface area contributed by atoms with Gasteiger partial charge in [-0.25, -0.2) is 8.78 Å². The van der Waals surface area contributed by atoms with Gasteiger partial charge in [-0.05, 0) is 32.0 Å². The van der Waals surface area contributed by atoms with E-state index in [9.17, 15) is 13.6 Å². The van der Waals surface area contributed by atoms with Crippen LogP contribution in [-0.4, -0.2) is 25.5 Å². The lowest BCUT2D eigenvalue weighted by atomic mass is 10.1. The Morgan fingerprint density at radius 2 is 2.11 bits per heavy atom. The van der Waals surface area contributed by atoms with Crippen molar-refractivity contribution in [1.29, 1.82) is 0 Å². The molecule has 0 heterocycles. The normalized spacial score (nSPS) is 10.6. The van der Waals surface area contributed by atoms with Crippen molar-refractivity contribution >= 4 is 17.3 Å². The second-order valence-electron chi connectivity index (χ2n) is 4.09. The summed E-state index contributed by atoms with van der Waals surface area (Å²) in [6, 6.07) is 4.33. The summed E-state index contributed by atoms with van der Waals surface area (Å²) in [4.78, 5) is 13.2. The van der Waals surface area contributed by atoms with Gasteiger partial charge >= 0.3 is 0 Å². The predicted octanol–water partition coefficient (Wildman–Crippen LogP) is 2.17. The SMILES string of the molecule is CCNC(=O)CN(CC)c1ccc(N)cc1C(F)F. The van der Waals surface area contributed by atoms with Gasteiger partial charge in [0.05, 0.1) is 6.54 Å². The zero-order valence-corrected chi connectivity index (χ0v) is 11.1. The number of halogens is 2. The van der Waals surface area contributed by atoms with Crippen molar-refractivity contribution < 1.29 is 13.6 Å². The van der Waals surface area contributed by atoms with Crippen molar-refractivity contribution in [3.63, 3.8) is 0 Å². The van der Waals surface area contributed by atoms with E-state index in [-0.39, 0.29) is 23.7 Å². The molecule has 3 N–H and O–H groups in total. The van der Waals surface area contributed by atoms with Crippen LogP contribution in [0.1, 0.15) is 25.8 Å². The van der Waals surface area contributed by atoms with E-state index in [1.807, 2.05) is 13.8 Å². The van der Waals surface area contributed by atoms with Crippen LogP contribution in [0.15, 0.2) is 18.2 Å². The van der Waals surface area contributed by atoms with Gasteiger partial charge in [-0.3, -0.25) is 4.79 Å². The lowest BCUT2D eigenvalue weighted by Gasteiger charge is -2.25. The first kappa shape index (κ1) is 15.2. The zero-order chi connectivity index (χ0) is 14.4. The molecule has 106 valence electrons. The summed E-state index contributed by atoms with van der Waals surface area (Å²) < 4.78 is 26.0. The summed E-state index contributed by atoms with van der Waals surface area (Å²) in [5, 5.41) is 2.65. The highest BCUT2D eigenvalue weighted by Gasteiger charge is 2.18. The first-order valence-electron chi connectivity index (χ1n) is 6.18. The van der Waals surface area contributed by atoms with Crippen LogP contribution in [0.2, 0.25) is 0 Å². The van der Waals surface area contributed by atoms with Crippen molar-refractivity contribution in [2.24, 2.45) is 0 Å². The molecule has 1 amide bonds. The summed E-state index contributed by atoms with van der Waals surface area (Å²) in [6.45, 7) is 4.64. The highest BCUT2D eigenvalue weighted by molar-refractivity contribution is 5.81. The number of carbonyl (C=O) groups is 1. The smallest absolute Gasteiger partial charge is 0.265 e. The number of carbonyl (C=O) groups excluding carboxylic acids is 1.